The zero-order chi connectivity index (χ0) is 57.2. The van der Waals surface area contributed by atoms with Gasteiger partial charge in [-0.05, 0) is 116 Å². The fourth-order valence-corrected chi connectivity index (χ4v) is 9.88. The van der Waals surface area contributed by atoms with Crippen LogP contribution in [0.25, 0.3) is 72.0 Å². The molecule has 13 rings (SSSR count). The number of para-hydroxylation sites is 1. The van der Waals surface area contributed by atoms with Gasteiger partial charge in [0.1, 0.15) is 0 Å². The molecule has 1 heterocycles. The Bertz CT molecular complexity index is 4360. The number of anilines is 3. The first-order chi connectivity index (χ1) is 38.8. The molecule has 2 aliphatic rings. The molecule has 63 heavy (non-hydrogen) atoms. The van der Waals surface area contributed by atoms with E-state index in [2.05, 4.69) is 89.5 Å². The second-order valence-corrected chi connectivity index (χ2v) is 15.4. The predicted molar refractivity (Wildman–Crippen MR) is 263 cm³/mol. The third-order valence-electron chi connectivity index (χ3n) is 12.3. The van der Waals surface area contributed by atoms with Crippen molar-refractivity contribution < 1.29 is 24.7 Å². The zero-order valence-electron chi connectivity index (χ0n) is 51.1. The third-order valence-corrected chi connectivity index (χ3v) is 12.3. The van der Waals surface area contributed by atoms with Crippen molar-refractivity contribution in [2.45, 2.75) is 5.41 Å². The average Bonchev–Trinajstić information content (AvgIpc) is 4.15. The number of rotatable bonds is 6. The first-order valence-corrected chi connectivity index (χ1v) is 20.4. The summed E-state index contributed by atoms with van der Waals surface area (Å²) >= 11 is 0. The van der Waals surface area contributed by atoms with E-state index in [-0.39, 0.29) is 5.69 Å². The van der Waals surface area contributed by atoms with Crippen LogP contribution in [0.4, 0.5) is 17.1 Å². The molecule has 2 aliphatic carbocycles. The Morgan fingerprint density at radius 3 is 1.44 bits per heavy atom. The number of fused-ring (bicyclic) bond motifs is 13. The van der Waals surface area contributed by atoms with Gasteiger partial charge in [0.05, 0.1) is 46.8 Å². The summed E-state index contributed by atoms with van der Waals surface area (Å²) < 4.78 is 163. The number of nitrogens with zero attached hydrogens (tertiary/aromatic N) is 2. The fourth-order valence-electron chi connectivity index (χ4n) is 9.88. The Balaban J connectivity index is 1.10. The highest BCUT2D eigenvalue weighted by molar-refractivity contribution is 6.12. The minimum atomic E-state index is -0.846. The molecule has 0 unspecified atom stereocenters. The van der Waals surface area contributed by atoms with Crippen LogP contribution in [0, 0.1) is 0 Å². The van der Waals surface area contributed by atoms with Gasteiger partial charge in [-0.15, -0.1) is 0 Å². The van der Waals surface area contributed by atoms with Crippen molar-refractivity contribution in [1.82, 2.24) is 4.57 Å². The molecule has 2 heteroatoms. The topological polar surface area (TPSA) is 8.17 Å². The average molecular weight is 819 g/mol. The van der Waals surface area contributed by atoms with Gasteiger partial charge in [-0.25, -0.2) is 0 Å². The van der Waals surface area contributed by atoms with Gasteiger partial charge in [0, 0.05) is 33.4 Å². The molecule has 0 atom stereocenters. The molecule has 0 bridgehead atoms. The highest BCUT2D eigenvalue weighted by Gasteiger charge is 2.52. The summed E-state index contributed by atoms with van der Waals surface area (Å²) in [6, 6.07) is 30.0. The molecule has 11 aromatic rings. The lowest BCUT2D eigenvalue weighted by molar-refractivity contribution is 0.793. The normalized spacial score (nSPS) is 16.9. The van der Waals surface area contributed by atoms with E-state index in [9.17, 15) is 11.0 Å². The molecule has 0 radical (unpaired) electrons. The van der Waals surface area contributed by atoms with Crippen molar-refractivity contribution in [3.63, 3.8) is 0 Å². The molecule has 0 fully saturated rings. The molecular weight excluding hydrogens is 761 g/mol. The summed E-state index contributed by atoms with van der Waals surface area (Å²) in [4.78, 5) is 1.06. The van der Waals surface area contributed by atoms with Gasteiger partial charge in [-0.1, -0.05) is 188 Å². The van der Waals surface area contributed by atoms with Crippen molar-refractivity contribution in [3.8, 4) is 50.2 Å². The Hall–Kier alpha value is -8.20. The molecule has 1 spiro atoms. The Morgan fingerprint density at radius 1 is 0.365 bits per heavy atom. The minimum absolute atomic E-state index is 0.0277. The van der Waals surface area contributed by atoms with Crippen molar-refractivity contribution in [3.05, 3.63) is 264 Å². The first-order valence-electron chi connectivity index (χ1n) is 29.4. The summed E-state index contributed by atoms with van der Waals surface area (Å²) in [7, 11) is 0. The summed E-state index contributed by atoms with van der Waals surface area (Å²) in [5, 5.41) is 1.30. The SMILES string of the molecule is [2H]c1c([2H])c([2H])c(-c2c([2H])c([2H])c(N(c3ccc4c(c3)c3ccccc3n4-c3cccc4c3-c3ccccc3C43c4ccccc4-c4ccccc43)c3c([2H])c([2H])c(-c4c([2H])c([2H])c([2H])c([2H])c4[2H])c([2H])c3[2H])c([2H])c2[2H])c([2H])c1[2H]. The lowest BCUT2D eigenvalue weighted by atomic mass is 9.70. The van der Waals surface area contributed by atoms with Gasteiger partial charge in [0.2, 0.25) is 0 Å². The number of hydrogen-bond acceptors (Lipinski definition) is 1. The molecule has 1 aromatic heterocycles. The van der Waals surface area contributed by atoms with Crippen molar-refractivity contribution >= 4 is 38.9 Å². The molecule has 10 aromatic carbocycles. The van der Waals surface area contributed by atoms with E-state index in [0.29, 0.717) is 10.9 Å². The van der Waals surface area contributed by atoms with Gasteiger partial charge in [0.25, 0.3) is 0 Å². The molecular formula is C61H40N2. The van der Waals surface area contributed by atoms with Crippen LogP contribution >= 0.6 is 0 Å². The van der Waals surface area contributed by atoms with E-state index >= 15 is 0 Å². The van der Waals surface area contributed by atoms with E-state index in [1.807, 2.05) is 30.3 Å². The Labute approximate surface area is 392 Å². The maximum absolute atomic E-state index is 9.68. The van der Waals surface area contributed by atoms with Crippen LogP contribution in [0.2, 0.25) is 0 Å². The Morgan fingerprint density at radius 2 is 0.841 bits per heavy atom. The zero-order valence-corrected chi connectivity index (χ0v) is 33.1. The molecule has 0 N–H and O–H groups in total. The van der Waals surface area contributed by atoms with Gasteiger partial charge in [-0.3, -0.25) is 0 Å². The molecule has 0 saturated heterocycles. The minimum Gasteiger partial charge on any atom is -0.310 e. The molecule has 2 nitrogen and oxygen atoms in total. The summed E-state index contributed by atoms with van der Waals surface area (Å²) in [6.45, 7) is 0. The van der Waals surface area contributed by atoms with E-state index in [1.54, 1.807) is 18.2 Å². The van der Waals surface area contributed by atoms with Crippen LogP contribution in [0.1, 0.15) is 46.9 Å². The maximum atomic E-state index is 9.68. The third kappa shape index (κ3) is 5.19. The maximum Gasteiger partial charge on any atom is 0.0726 e. The lowest BCUT2D eigenvalue weighted by Crippen LogP contribution is -2.25. The highest BCUT2D eigenvalue weighted by atomic mass is 15.1. The summed E-state index contributed by atoms with van der Waals surface area (Å²) in [5.74, 6) is 0. The largest absolute Gasteiger partial charge is 0.310 e. The van der Waals surface area contributed by atoms with E-state index in [1.165, 1.54) is 0 Å². The van der Waals surface area contributed by atoms with Crippen LogP contribution < -0.4 is 4.90 Å². The number of aromatic nitrogens is 1. The second kappa shape index (κ2) is 13.9. The van der Waals surface area contributed by atoms with Crippen molar-refractivity contribution in [1.29, 1.82) is 0 Å². The van der Waals surface area contributed by atoms with Gasteiger partial charge < -0.3 is 9.47 Å². The van der Waals surface area contributed by atoms with E-state index in [4.69, 9.17) is 13.7 Å². The predicted octanol–water partition coefficient (Wildman–Crippen LogP) is 15.9. The fraction of sp³-hybridized carbons (Fsp3) is 0.0164. The van der Waals surface area contributed by atoms with Crippen LogP contribution in [0.3, 0.4) is 0 Å². The van der Waals surface area contributed by atoms with E-state index < -0.39 is 148 Å². The second-order valence-electron chi connectivity index (χ2n) is 15.4. The molecule has 0 saturated carbocycles. The van der Waals surface area contributed by atoms with E-state index in [0.717, 1.165) is 66.0 Å². The van der Waals surface area contributed by atoms with Gasteiger partial charge in [-0.2, -0.15) is 0 Å². The number of hydrogen-bond donors (Lipinski definition) is 0. The molecule has 0 amide bonds. The van der Waals surface area contributed by atoms with Gasteiger partial charge in [0.15, 0.2) is 0 Å². The van der Waals surface area contributed by atoms with Crippen LogP contribution in [-0.4, -0.2) is 4.57 Å². The molecule has 0 aliphatic heterocycles. The quantitative estimate of drug-likeness (QED) is 0.162. The van der Waals surface area contributed by atoms with Crippen molar-refractivity contribution in [2.24, 2.45) is 0 Å². The standard InChI is InChI=1S/C61H40N2/c1-3-16-41(17-4-1)43-30-34-45(35-31-43)62(46-36-32-44(33-37-46)42-18-5-2-6-19-42)47-38-39-58-52(40-47)50-22-10-14-28-57(50)63(58)59-29-15-27-56-60(59)51-23-9-13-26-55(51)61(56)53-24-11-7-20-48(53)49-21-8-12-25-54(49)61/h1-40H/i1D,2D,3D,4D,5D,6D,16D,17D,18D,19D,30D,31D,32D,33D,34D,35D,36D,37D. The smallest absolute Gasteiger partial charge is 0.0726 e. The molecule has 294 valence electrons. The summed E-state index contributed by atoms with van der Waals surface area (Å²) in [5.41, 5.74) is 6.87. The monoisotopic (exact) mass is 818 g/mol. The van der Waals surface area contributed by atoms with Crippen LogP contribution in [0.5, 0.6) is 0 Å². The first kappa shape index (κ1) is 22.1. The highest BCUT2D eigenvalue weighted by Crippen LogP contribution is 2.63. The van der Waals surface area contributed by atoms with Crippen LogP contribution in [0.15, 0.2) is 242 Å². The Kier molecular flexibility index (Phi) is 4.87. The lowest BCUT2D eigenvalue weighted by Gasteiger charge is -2.30. The summed E-state index contributed by atoms with van der Waals surface area (Å²) in [6.07, 6.45) is 0. The van der Waals surface area contributed by atoms with Crippen LogP contribution in [-0.2, 0) is 5.41 Å². The number of benzene rings is 10. The van der Waals surface area contributed by atoms with Gasteiger partial charge >= 0.3 is 0 Å². The van der Waals surface area contributed by atoms with Crippen molar-refractivity contribution in [2.75, 3.05) is 4.90 Å².